The highest BCUT2D eigenvalue weighted by Crippen LogP contribution is 2.37. The molecule has 0 bridgehead atoms. The highest BCUT2D eigenvalue weighted by molar-refractivity contribution is 7.71. The zero-order chi connectivity index (χ0) is 12.0. The van der Waals surface area contributed by atoms with Gasteiger partial charge in [-0.1, -0.05) is 13.8 Å². The number of aromatic nitrogens is 2. The molecule has 3 rings (SSSR count). The molecule has 1 aromatic heterocycles. The van der Waals surface area contributed by atoms with Crippen LogP contribution in [0.2, 0.25) is 0 Å². The van der Waals surface area contributed by atoms with E-state index in [1.54, 1.807) is 0 Å². The molecule has 4 heteroatoms. The molecular weight excluding hydrogens is 230 g/mol. The van der Waals surface area contributed by atoms with Crippen molar-refractivity contribution in [3.63, 3.8) is 0 Å². The molecule has 0 amide bonds. The molecular formula is C13H21N3S. The number of rotatable bonds is 2. The van der Waals surface area contributed by atoms with Gasteiger partial charge in [0.1, 0.15) is 0 Å². The predicted molar refractivity (Wildman–Crippen MR) is 72.0 cm³/mol. The minimum absolute atomic E-state index is 0.540. The van der Waals surface area contributed by atoms with Crippen LogP contribution in [0.3, 0.4) is 0 Å². The highest BCUT2D eigenvalue weighted by Gasteiger charge is 2.39. The zero-order valence-electron chi connectivity index (χ0n) is 10.6. The van der Waals surface area contributed by atoms with Gasteiger partial charge in [0.15, 0.2) is 4.77 Å². The Labute approximate surface area is 108 Å². The summed E-state index contributed by atoms with van der Waals surface area (Å²) in [5.74, 6) is 0.540. The Balaban J connectivity index is 1.99. The van der Waals surface area contributed by atoms with Gasteiger partial charge in [-0.05, 0) is 43.9 Å². The maximum absolute atomic E-state index is 5.48. The van der Waals surface area contributed by atoms with E-state index in [2.05, 4.69) is 34.5 Å². The Bertz CT molecular complexity index is 459. The van der Waals surface area contributed by atoms with E-state index in [1.807, 2.05) is 0 Å². The summed E-state index contributed by atoms with van der Waals surface area (Å²) in [4.78, 5) is 5.88. The first kappa shape index (κ1) is 11.5. The lowest BCUT2D eigenvalue weighted by Gasteiger charge is -2.24. The number of fused-ring (bicyclic) bond motifs is 1. The fraction of sp³-hybridized carbons (Fsp3) is 0.769. The first-order valence-corrected chi connectivity index (χ1v) is 7.13. The van der Waals surface area contributed by atoms with E-state index in [0.717, 1.165) is 10.8 Å². The van der Waals surface area contributed by atoms with Gasteiger partial charge in [0, 0.05) is 24.5 Å². The molecule has 3 heterocycles. The third kappa shape index (κ3) is 1.78. The lowest BCUT2D eigenvalue weighted by Crippen LogP contribution is -2.28. The molecule has 0 radical (unpaired) electrons. The van der Waals surface area contributed by atoms with Crippen molar-refractivity contribution >= 4 is 12.2 Å². The largest absolute Gasteiger partial charge is 0.337 e. The lowest BCUT2D eigenvalue weighted by atomic mass is 10.0. The summed E-state index contributed by atoms with van der Waals surface area (Å²) >= 11 is 5.48. The van der Waals surface area contributed by atoms with Crippen LogP contribution >= 0.6 is 12.2 Å². The van der Waals surface area contributed by atoms with Crippen LogP contribution < -0.4 is 0 Å². The molecule has 1 N–H and O–H groups in total. The summed E-state index contributed by atoms with van der Waals surface area (Å²) in [5.41, 5.74) is 1.37. The van der Waals surface area contributed by atoms with Crippen molar-refractivity contribution in [2.24, 2.45) is 0 Å². The molecule has 0 saturated carbocycles. The fourth-order valence-electron chi connectivity index (χ4n) is 3.54. The van der Waals surface area contributed by atoms with E-state index < -0.39 is 0 Å². The van der Waals surface area contributed by atoms with Crippen LogP contribution in [-0.4, -0.2) is 33.6 Å². The monoisotopic (exact) mass is 251 g/mol. The summed E-state index contributed by atoms with van der Waals surface area (Å²) < 4.78 is 3.31. The van der Waals surface area contributed by atoms with Crippen molar-refractivity contribution in [3.8, 4) is 0 Å². The number of imidazole rings is 1. The van der Waals surface area contributed by atoms with Gasteiger partial charge in [-0.2, -0.15) is 0 Å². The van der Waals surface area contributed by atoms with Gasteiger partial charge in [0.05, 0.1) is 6.04 Å². The molecule has 1 aromatic rings. The van der Waals surface area contributed by atoms with Crippen molar-refractivity contribution < 1.29 is 0 Å². The minimum atomic E-state index is 0.540. The van der Waals surface area contributed by atoms with Gasteiger partial charge in [-0.3, -0.25) is 4.90 Å². The molecule has 0 aromatic carbocycles. The number of nitrogens with zero attached hydrogens (tertiary/aromatic N) is 2. The van der Waals surface area contributed by atoms with E-state index >= 15 is 0 Å². The summed E-state index contributed by atoms with van der Waals surface area (Å²) in [6.45, 7) is 7.03. The van der Waals surface area contributed by atoms with Crippen LogP contribution in [0.5, 0.6) is 0 Å². The minimum Gasteiger partial charge on any atom is -0.337 e. The highest BCUT2D eigenvalue weighted by atomic mass is 32.1. The molecule has 2 unspecified atom stereocenters. The zero-order valence-corrected chi connectivity index (χ0v) is 11.5. The first-order valence-electron chi connectivity index (χ1n) is 6.72. The smallest absolute Gasteiger partial charge is 0.177 e. The van der Waals surface area contributed by atoms with Gasteiger partial charge in [-0.25, -0.2) is 0 Å². The second kappa shape index (κ2) is 4.25. The molecule has 2 fully saturated rings. The lowest BCUT2D eigenvalue weighted by molar-refractivity contribution is 0.286. The van der Waals surface area contributed by atoms with Gasteiger partial charge in [0.2, 0.25) is 0 Å². The quantitative estimate of drug-likeness (QED) is 0.817. The third-order valence-corrected chi connectivity index (χ3v) is 4.65. The average molecular weight is 251 g/mol. The molecule has 0 aliphatic carbocycles. The Morgan fingerprint density at radius 1 is 1.29 bits per heavy atom. The van der Waals surface area contributed by atoms with Gasteiger partial charge in [-0.15, -0.1) is 0 Å². The normalized spacial score (nSPS) is 29.1. The molecule has 17 heavy (non-hydrogen) atoms. The number of H-pyrrole nitrogens is 1. The van der Waals surface area contributed by atoms with Crippen LogP contribution in [-0.2, 0) is 0 Å². The van der Waals surface area contributed by atoms with Crippen molar-refractivity contribution in [1.82, 2.24) is 14.5 Å². The molecule has 2 saturated heterocycles. The Morgan fingerprint density at radius 3 is 2.88 bits per heavy atom. The van der Waals surface area contributed by atoms with Crippen LogP contribution in [0, 0.1) is 4.77 Å². The molecule has 2 aliphatic rings. The van der Waals surface area contributed by atoms with E-state index in [0.29, 0.717) is 12.0 Å². The van der Waals surface area contributed by atoms with E-state index in [-0.39, 0.29) is 0 Å². The second-order valence-corrected chi connectivity index (χ2v) is 6.03. The van der Waals surface area contributed by atoms with Crippen molar-refractivity contribution in [1.29, 1.82) is 0 Å². The predicted octanol–water partition coefficient (Wildman–Crippen LogP) is 3.08. The molecule has 3 nitrogen and oxygen atoms in total. The summed E-state index contributed by atoms with van der Waals surface area (Å²) in [6.07, 6.45) is 6.06. The van der Waals surface area contributed by atoms with Crippen LogP contribution in [0.15, 0.2) is 6.20 Å². The van der Waals surface area contributed by atoms with Gasteiger partial charge >= 0.3 is 0 Å². The van der Waals surface area contributed by atoms with Crippen molar-refractivity contribution in [3.05, 3.63) is 16.7 Å². The average Bonchev–Trinajstić information content (AvgIpc) is 2.91. The Morgan fingerprint density at radius 2 is 2.12 bits per heavy atom. The van der Waals surface area contributed by atoms with Crippen LogP contribution in [0.4, 0.5) is 0 Å². The molecule has 94 valence electrons. The van der Waals surface area contributed by atoms with Crippen molar-refractivity contribution in [2.75, 3.05) is 13.1 Å². The third-order valence-electron chi connectivity index (χ3n) is 4.33. The summed E-state index contributed by atoms with van der Waals surface area (Å²) in [6, 6.07) is 1.34. The summed E-state index contributed by atoms with van der Waals surface area (Å²) in [7, 11) is 0. The van der Waals surface area contributed by atoms with Gasteiger partial charge in [0.25, 0.3) is 0 Å². The fourth-order valence-corrected chi connectivity index (χ4v) is 3.84. The SMILES string of the molecule is CC(C)c1c[nH]c(=S)n1C1CCN2CCCC12. The number of aromatic amines is 1. The number of nitrogens with one attached hydrogen (secondary N) is 1. The first-order chi connectivity index (χ1) is 8.18. The maximum atomic E-state index is 5.48. The number of hydrogen-bond donors (Lipinski definition) is 1. The summed E-state index contributed by atoms with van der Waals surface area (Å²) in [5, 5.41) is 0. The van der Waals surface area contributed by atoms with Crippen molar-refractivity contribution in [2.45, 2.75) is 51.1 Å². The second-order valence-electron chi connectivity index (χ2n) is 5.64. The Hall–Kier alpha value is -0.610. The molecule has 2 aliphatic heterocycles. The standard InChI is InChI=1S/C13H21N3S/c1-9(2)12-8-14-13(17)16(12)11-5-7-15-6-3-4-10(11)15/h8-11H,3-7H2,1-2H3,(H,14,17). The van der Waals surface area contributed by atoms with E-state index in [4.69, 9.17) is 12.2 Å². The Kier molecular flexibility index (Phi) is 2.87. The van der Waals surface area contributed by atoms with Crippen LogP contribution in [0.25, 0.3) is 0 Å². The van der Waals surface area contributed by atoms with E-state index in [9.17, 15) is 0 Å². The molecule has 0 spiro atoms. The van der Waals surface area contributed by atoms with E-state index in [1.165, 1.54) is 38.0 Å². The van der Waals surface area contributed by atoms with Gasteiger partial charge < -0.3 is 9.55 Å². The molecule has 2 atom stereocenters. The maximum Gasteiger partial charge on any atom is 0.177 e. The topological polar surface area (TPSA) is 24.0 Å². The van der Waals surface area contributed by atoms with Crippen LogP contribution in [0.1, 0.15) is 50.8 Å². The number of hydrogen-bond acceptors (Lipinski definition) is 2.